The largest absolute Gasteiger partial charge is 0.329 e. The van der Waals surface area contributed by atoms with Gasteiger partial charge in [-0.1, -0.05) is 12.1 Å². The quantitative estimate of drug-likeness (QED) is 0.644. The summed E-state index contributed by atoms with van der Waals surface area (Å²) >= 11 is 3.04. The molecule has 2 N–H and O–H groups in total. The molecule has 0 saturated heterocycles. The van der Waals surface area contributed by atoms with Crippen LogP contribution in [0.5, 0.6) is 0 Å². The normalized spacial score (nSPS) is 14.2. The van der Waals surface area contributed by atoms with Crippen LogP contribution in [0.15, 0.2) is 33.9 Å². The van der Waals surface area contributed by atoms with Crippen LogP contribution < -0.4 is 16.6 Å². The molecule has 3 aromatic rings. The Labute approximate surface area is 169 Å². The molecule has 0 fully saturated rings. The van der Waals surface area contributed by atoms with Crippen LogP contribution in [0.2, 0.25) is 0 Å². The maximum absolute atomic E-state index is 13.0. The summed E-state index contributed by atoms with van der Waals surface area (Å²) < 4.78 is 1.04. The number of anilines is 1. The van der Waals surface area contributed by atoms with Gasteiger partial charge in [-0.2, -0.15) is 11.8 Å². The zero-order valence-corrected chi connectivity index (χ0v) is 17.0. The highest BCUT2D eigenvalue weighted by atomic mass is 32.2. The highest BCUT2D eigenvalue weighted by Gasteiger charge is 2.26. The van der Waals surface area contributed by atoms with Gasteiger partial charge in [-0.25, -0.2) is 14.3 Å². The zero-order valence-electron chi connectivity index (χ0n) is 15.4. The molecule has 4 rings (SSSR count). The number of amides is 1. The third-order valence-electron chi connectivity index (χ3n) is 4.87. The number of carbonyl (C=O) groups excluding carboxylic acids is 1. The van der Waals surface area contributed by atoms with Gasteiger partial charge in [0, 0.05) is 4.88 Å². The first-order valence-corrected chi connectivity index (χ1v) is 11.3. The third-order valence-corrected chi connectivity index (χ3v) is 6.59. The maximum atomic E-state index is 13.0. The highest BCUT2D eigenvalue weighted by molar-refractivity contribution is 7.98. The van der Waals surface area contributed by atoms with Crippen LogP contribution >= 0.6 is 23.1 Å². The number of aromatic nitrogens is 3. The average molecular weight is 417 g/mol. The van der Waals surface area contributed by atoms with E-state index in [0.29, 0.717) is 28.2 Å². The topological polar surface area (TPSA) is 96.8 Å². The molecule has 2 aromatic heterocycles. The minimum Gasteiger partial charge on any atom is -0.307 e. The monoisotopic (exact) mass is 416 g/mol. The number of fused-ring (bicyclic) bond motifs is 2. The predicted octanol–water partition coefficient (Wildman–Crippen LogP) is 2.57. The Bertz CT molecular complexity index is 1130. The van der Waals surface area contributed by atoms with Gasteiger partial charge in [0.05, 0.1) is 16.6 Å². The number of H-pyrrole nitrogens is 1. The van der Waals surface area contributed by atoms with Crippen molar-refractivity contribution >= 4 is 45.0 Å². The minimum absolute atomic E-state index is 0.374. The van der Waals surface area contributed by atoms with Crippen molar-refractivity contribution in [2.45, 2.75) is 31.7 Å². The van der Waals surface area contributed by atoms with Crippen LogP contribution in [0.1, 0.15) is 29.5 Å². The summed E-state index contributed by atoms with van der Waals surface area (Å²) in [4.78, 5) is 47.0. The number of benzene rings is 1. The Morgan fingerprint density at radius 3 is 2.96 bits per heavy atom. The van der Waals surface area contributed by atoms with Crippen LogP contribution in [0.4, 0.5) is 5.13 Å². The van der Waals surface area contributed by atoms with Crippen LogP contribution in [0.3, 0.4) is 0 Å². The van der Waals surface area contributed by atoms with Crippen LogP contribution in [0.25, 0.3) is 10.9 Å². The fourth-order valence-corrected chi connectivity index (χ4v) is 5.01. The molecule has 7 nitrogen and oxygen atoms in total. The smallest absolute Gasteiger partial charge is 0.307 e. The number of thioether (sulfide) groups is 1. The van der Waals surface area contributed by atoms with Crippen molar-refractivity contribution in [3.05, 3.63) is 55.7 Å². The number of rotatable bonds is 6. The number of nitrogens with zero attached hydrogens (tertiary/aromatic N) is 2. The summed E-state index contributed by atoms with van der Waals surface area (Å²) in [7, 11) is 0. The lowest BCUT2D eigenvalue weighted by atomic mass is 10.2. The molecular weight excluding hydrogens is 396 g/mol. The van der Waals surface area contributed by atoms with Crippen molar-refractivity contribution in [2.24, 2.45) is 0 Å². The molecule has 9 heteroatoms. The Hall–Kier alpha value is -2.39. The molecule has 1 aliphatic rings. The first-order valence-electron chi connectivity index (χ1n) is 9.10. The molecule has 0 bridgehead atoms. The Morgan fingerprint density at radius 1 is 1.36 bits per heavy atom. The van der Waals surface area contributed by atoms with Crippen molar-refractivity contribution in [1.82, 2.24) is 14.5 Å². The number of aryl methyl sites for hydroxylation is 2. The van der Waals surface area contributed by atoms with Gasteiger partial charge >= 0.3 is 5.69 Å². The van der Waals surface area contributed by atoms with E-state index >= 15 is 0 Å². The molecule has 0 unspecified atom stereocenters. The van der Waals surface area contributed by atoms with Gasteiger partial charge in [-0.05, 0) is 49.8 Å². The molecule has 0 radical (unpaired) electrons. The maximum Gasteiger partial charge on any atom is 0.329 e. The summed E-state index contributed by atoms with van der Waals surface area (Å²) in [6, 6.07) is 5.92. The van der Waals surface area contributed by atoms with Gasteiger partial charge in [-0.3, -0.25) is 9.59 Å². The van der Waals surface area contributed by atoms with E-state index in [2.05, 4.69) is 15.3 Å². The second kappa shape index (κ2) is 7.92. The third kappa shape index (κ3) is 3.51. The van der Waals surface area contributed by atoms with Gasteiger partial charge < -0.3 is 10.3 Å². The van der Waals surface area contributed by atoms with Crippen LogP contribution in [0, 0.1) is 0 Å². The van der Waals surface area contributed by atoms with Gasteiger partial charge in [0.2, 0.25) is 5.91 Å². The molecule has 1 aromatic carbocycles. The summed E-state index contributed by atoms with van der Waals surface area (Å²) in [5.74, 6) is 0.259. The number of carbonyl (C=O) groups is 1. The number of aromatic amines is 1. The Balaban J connectivity index is 1.71. The van der Waals surface area contributed by atoms with Crippen molar-refractivity contribution in [3.63, 3.8) is 0 Å². The number of hydrogen-bond acceptors (Lipinski definition) is 6. The molecule has 28 heavy (non-hydrogen) atoms. The molecule has 0 spiro atoms. The highest BCUT2D eigenvalue weighted by Crippen LogP contribution is 2.31. The number of para-hydroxylation sites is 1. The minimum atomic E-state index is -0.896. The molecule has 0 saturated carbocycles. The van der Waals surface area contributed by atoms with Crippen molar-refractivity contribution in [1.29, 1.82) is 0 Å². The van der Waals surface area contributed by atoms with E-state index in [0.717, 1.165) is 29.5 Å². The summed E-state index contributed by atoms with van der Waals surface area (Å²) in [5, 5.41) is 3.75. The van der Waals surface area contributed by atoms with Crippen LogP contribution in [-0.2, 0) is 17.6 Å². The SMILES string of the molecule is CSCC[C@@H](C(=O)Nc1nc2c(s1)CCC2)n1c(=O)[nH]c2ccccc2c1=O. The van der Waals surface area contributed by atoms with Crippen molar-refractivity contribution in [3.8, 4) is 0 Å². The number of hydrogen-bond donors (Lipinski definition) is 2. The Kier molecular flexibility index (Phi) is 5.36. The predicted molar refractivity (Wildman–Crippen MR) is 114 cm³/mol. The molecule has 2 heterocycles. The summed E-state index contributed by atoms with van der Waals surface area (Å²) in [5.41, 5.74) is 0.477. The van der Waals surface area contributed by atoms with E-state index in [-0.39, 0.29) is 5.91 Å². The lowest BCUT2D eigenvalue weighted by Gasteiger charge is -2.18. The Morgan fingerprint density at radius 2 is 2.18 bits per heavy atom. The summed E-state index contributed by atoms with van der Waals surface area (Å²) in [6.45, 7) is 0. The van der Waals surface area contributed by atoms with Crippen LogP contribution in [-0.4, -0.2) is 32.5 Å². The number of thiazole rings is 1. The van der Waals surface area contributed by atoms with E-state index in [1.54, 1.807) is 36.0 Å². The van der Waals surface area contributed by atoms with Gasteiger partial charge in [-0.15, -0.1) is 11.3 Å². The summed E-state index contributed by atoms with van der Waals surface area (Å²) in [6.07, 6.45) is 5.32. The first kappa shape index (κ1) is 18.9. The molecule has 1 amide bonds. The van der Waals surface area contributed by atoms with Gasteiger partial charge in [0.1, 0.15) is 6.04 Å². The molecule has 146 valence electrons. The van der Waals surface area contributed by atoms with Gasteiger partial charge in [0.15, 0.2) is 5.13 Å². The lowest BCUT2D eigenvalue weighted by molar-refractivity contribution is -0.119. The average Bonchev–Trinajstić information content (AvgIpc) is 3.25. The lowest BCUT2D eigenvalue weighted by Crippen LogP contribution is -2.43. The van der Waals surface area contributed by atoms with E-state index in [4.69, 9.17) is 0 Å². The molecular formula is C19H20N4O3S2. The standard InChI is InChI=1S/C19H20N4O3S2/c1-27-10-9-14(16(24)22-18-20-13-7-4-8-15(13)28-18)23-17(25)11-5-2-3-6-12(11)21-19(23)26/h2-3,5-6,14H,4,7-10H2,1H3,(H,21,26)(H,20,22,24)/t14-/m0/s1. The van der Waals surface area contributed by atoms with E-state index in [9.17, 15) is 14.4 Å². The fraction of sp³-hybridized carbons (Fsp3) is 0.368. The second-order valence-electron chi connectivity index (χ2n) is 6.68. The van der Waals surface area contributed by atoms with E-state index < -0.39 is 17.3 Å². The first-order chi connectivity index (χ1) is 13.6. The molecule has 0 aliphatic heterocycles. The number of nitrogens with one attached hydrogen (secondary N) is 2. The zero-order chi connectivity index (χ0) is 19.7. The van der Waals surface area contributed by atoms with Gasteiger partial charge in [0.25, 0.3) is 5.56 Å². The van der Waals surface area contributed by atoms with E-state index in [1.165, 1.54) is 16.2 Å². The fourth-order valence-electron chi connectivity index (χ4n) is 3.50. The second-order valence-corrected chi connectivity index (χ2v) is 8.75. The van der Waals surface area contributed by atoms with Crippen molar-refractivity contribution in [2.75, 3.05) is 17.3 Å². The van der Waals surface area contributed by atoms with Crippen molar-refractivity contribution < 1.29 is 4.79 Å². The molecule has 1 atom stereocenters. The molecule has 1 aliphatic carbocycles. The van der Waals surface area contributed by atoms with E-state index in [1.807, 2.05) is 6.26 Å².